The molecule has 2 atom stereocenters. The van der Waals surface area contributed by atoms with Crippen molar-refractivity contribution in [1.29, 1.82) is 0 Å². The molecular formula is C19H16Cl2NO3PS. The molecule has 3 aromatic rings. The van der Waals surface area contributed by atoms with E-state index in [1.54, 1.807) is 41.8 Å². The van der Waals surface area contributed by atoms with Gasteiger partial charge in [0.15, 0.2) is 0 Å². The van der Waals surface area contributed by atoms with Gasteiger partial charge in [-0.2, -0.15) is 0 Å². The van der Waals surface area contributed by atoms with E-state index in [0.717, 1.165) is 10.3 Å². The lowest BCUT2D eigenvalue weighted by Crippen LogP contribution is -2.25. The molecule has 0 aliphatic carbocycles. The van der Waals surface area contributed by atoms with Gasteiger partial charge in [-0.05, 0) is 58.3 Å². The second-order valence-electron chi connectivity index (χ2n) is 6.07. The van der Waals surface area contributed by atoms with E-state index in [1.807, 2.05) is 12.1 Å². The molecule has 0 aliphatic heterocycles. The lowest BCUT2D eigenvalue weighted by molar-refractivity contribution is -0.120. The lowest BCUT2D eigenvalue weighted by Gasteiger charge is -2.18. The molecule has 1 aromatic heterocycles. The summed E-state index contributed by atoms with van der Waals surface area (Å²) in [7, 11) is -3.76. The fraction of sp³-hybridized carbons (Fsp3) is 0.105. The molecule has 27 heavy (non-hydrogen) atoms. The number of fused-ring (bicyclic) bond motifs is 1. The van der Waals surface area contributed by atoms with E-state index in [4.69, 9.17) is 23.2 Å². The molecule has 0 radical (unpaired) electrons. The van der Waals surface area contributed by atoms with Crippen LogP contribution in [-0.2, 0) is 9.36 Å². The summed E-state index contributed by atoms with van der Waals surface area (Å²) >= 11 is 13.4. The van der Waals surface area contributed by atoms with E-state index in [0.29, 0.717) is 21.0 Å². The summed E-state index contributed by atoms with van der Waals surface area (Å²) < 4.78 is 13.4. The summed E-state index contributed by atoms with van der Waals surface area (Å²) in [6.45, 7) is 1.19. The van der Waals surface area contributed by atoms with E-state index in [1.165, 1.54) is 24.2 Å². The Morgan fingerprint density at radius 1 is 1.22 bits per heavy atom. The van der Waals surface area contributed by atoms with Crippen molar-refractivity contribution in [2.24, 2.45) is 0 Å². The first-order valence-electron chi connectivity index (χ1n) is 7.95. The van der Waals surface area contributed by atoms with Crippen LogP contribution in [0, 0.1) is 0 Å². The molecular weight excluding hydrogens is 424 g/mol. The molecule has 0 bridgehead atoms. The third-order valence-electron chi connectivity index (χ3n) is 3.94. The largest absolute Gasteiger partial charge is 0.344 e. The molecule has 0 spiro atoms. The molecule has 140 valence electrons. The summed E-state index contributed by atoms with van der Waals surface area (Å²) in [6, 6.07) is 12.4. The minimum Gasteiger partial charge on any atom is -0.344 e. The number of halogens is 2. The fourth-order valence-electron chi connectivity index (χ4n) is 2.76. The second-order valence-corrected chi connectivity index (χ2v) is 10.3. The monoisotopic (exact) mass is 439 g/mol. The van der Waals surface area contributed by atoms with Crippen molar-refractivity contribution in [3.63, 3.8) is 0 Å². The fourth-order valence-corrected chi connectivity index (χ4v) is 5.44. The molecule has 0 saturated heterocycles. The predicted octanol–water partition coefficient (Wildman–Crippen LogP) is 5.94. The van der Waals surface area contributed by atoms with Crippen molar-refractivity contribution >= 4 is 64.0 Å². The molecule has 1 heterocycles. The predicted molar refractivity (Wildman–Crippen MR) is 114 cm³/mol. The number of amides is 1. The van der Waals surface area contributed by atoms with Gasteiger partial charge in [-0.1, -0.05) is 35.3 Å². The minimum absolute atomic E-state index is 0.500. The Morgan fingerprint density at radius 2 is 1.96 bits per heavy atom. The molecule has 0 saturated carbocycles. The standard InChI is InChI=1S/C19H16Cl2NO3PS/c1-26(24,25)18(16-11-27-17-6-5-14(21)10-15(16)17)19(23)22-8-7-12-3-2-4-13(20)9-12/h2-11,18H,1H3,(H,22,23)(H,24,25)/b8-7+. The van der Waals surface area contributed by atoms with Gasteiger partial charge in [0.25, 0.3) is 0 Å². The highest BCUT2D eigenvalue weighted by Gasteiger charge is 2.36. The van der Waals surface area contributed by atoms with E-state index in [-0.39, 0.29) is 0 Å². The number of thiophene rings is 1. The van der Waals surface area contributed by atoms with Gasteiger partial charge in [-0.15, -0.1) is 11.3 Å². The molecule has 3 rings (SSSR count). The summed E-state index contributed by atoms with van der Waals surface area (Å²) in [5.41, 5.74) is 0.115. The van der Waals surface area contributed by atoms with Gasteiger partial charge < -0.3 is 10.2 Å². The molecule has 2 unspecified atom stereocenters. The normalized spacial score (nSPS) is 15.0. The van der Waals surface area contributed by atoms with Crippen LogP contribution >= 0.6 is 41.9 Å². The molecule has 0 aliphatic rings. The van der Waals surface area contributed by atoms with Crippen LogP contribution in [0.25, 0.3) is 16.2 Å². The highest BCUT2D eigenvalue weighted by atomic mass is 35.5. The quantitative estimate of drug-likeness (QED) is 0.483. The first-order chi connectivity index (χ1) is 12.8. The first-order valence-corrected chi connectivity index (χ1v) is 11.8. The smallest absolute Gasteiger partial charge is 0.241 e. The van der Waals surface area contributed by atoms with Crippen LogP contribution in [0.5, 0.6) is 0 Å². The molecule has 2 N–H and O–H groups in total. The van der Waals surface area contributed by atoms with E-state index in [2.05, 4.69) is 5.32 Å². The Morgan fingerprint density at radius 3 is 2.67 bits per heavy atom. The molecule has 2 aromatic carbocycles. The molecule has 4 nitrogen and oxygen atoms in total. The average Bonchev–Trinajstić information content (AvgIpc) is 2.96. The number of rotatable bonds is 5. The number of carbonyl (C=O) groups is 1. The Balaban J connectivity index is 1.89. The highest BCUT2D eigenvalue weighted by molar-refractivity contribution is 7.58. The average molecular weight is 440 g/mol. The maximum absolute atomic E-state index is 12.7. The van der Waals surface area contributed by atoms with Crippen molar-refractivity contribution in [3.8, 4) is 0 Å². The second kappa shape index (κ2) is 8.17. The molecule has 0 fully saturated rings. The van der Waals surface area contributed by atoms with Crippen LogP contribution in [0.1, 0.15) is 16.8 Å². The summed E-state index contributed by atoms with van der Waals surface area (Å²) in [4.78, 5) is 23.0. The summed E-state index contributed by atoms with van der Waals surface area (Å²) in [5.74, 6) is -0.554. The topological polar surface area (TPSA) is 66.4 Å². The highest BCUT2D eigenvalue weighted by Crippen LogP contribution is 2.54. The van der Waals surface area contributed by atoms with Crippen molar-refractivity contribution in [3.05, 3.63) is 75.2 Å². The maximum atomic E-state index is 12.7. The van der Waals surface area contributed by atoms with Crippen LogP contribution in [0.2, 0.25) is 10.0 Å². The SMILES string of the molecule is CP(=O)(O)C(C(=O)N/C=C/c1cccc(Cl)c1)c1csc2ccc(Cl)cc12. The van der Waals surface area contributed by atoms with Crippen LogP contribution < -0.4 is 5.32 Å². The summed E-state index contributed by atoms with van der Waals surface area (Å²) in [5, 5.41) is 6.13. The van der Waals surface area contributed by atoms with Gasteiger partial charge in [-0.3, -0.25) is 9.36 Å². The zero-order chi connectivity index (χ0) is 19.6. The van der Waals surface area contributed by atoms with Crippen molar-refractivity contribution in [1.82, 2.24) is 5.32 Å². The third-order valence-corrected chi connectivity index (χ3v) is 6.86. The number of carbonyl (C=O) groups excluding carboxylic acids is 1. The molecule has 8 heteroatoms. The Kier molecular flexibility index (Phi) is 6.09. The minimum atomic E-state index is -3.76. The van der Waals surface area contributed by atoms with Crippen molar-refractivity contribution in [2.75, 3.05) is 6.66 Å². The van der Waals surface area contributed by atoms with Gasteiger partial charge >= 0.3 is 0 Å². The Hall–Kier alpha value is -1.62. The van der Waals surface area contributed by atoms with E-state index in [9.17, 15) is 14.3 Å². The van der Waals surface area contributed by atoms with Gasteiger partial charge in [0.2, 0.25) is 13.3 Å². The number of benzene rings is 2. The zero-order valence-corrected chi connectivity index (χ0v) is 17.4. The van der Waals surface area contributed by atoms with Crippen LogP contribution in [-0.4, -0.2) is 17.5 Å². The van der Waals surface area contributed by atoms with Gasteiger partial charge in [0.1, 0.15) is 5.66 Å². The van der Waals surface area contributed by atoms with E-state index >= 15 is 0 Å². The van der Waals surface area contributed by atoms with Crippen LogP contribution in [0.3, 0.4) is 0 Å². The van der Waals surface area contributed by atoms with Gasteiger partial charge in [0.05, 0.1) is 0 Å². The van der Waals surface area contributed by atoms with Gasteiger partial charge in [0, 0.05) is 27.6 Å². The zero-order valence-electron chi connectivity index (χ0n) is 14.2. The number of nitrogens with one attached hydrogen (secondary N) is 1. The van der Waals surface area contributed by atoms with Crippen molar-refractivity contribution < 1.29 is 14.3 Å². The summed E-state index contributed by atoms with van der Waals surface area (Å²) in [6.07, 6.45) is 3.11. The molecule has 1 amide bonds. The first kappa shape index (κ1) is 20.1. The van der Waals surface area contributed by atoms with Crippen molar-refractivity contribution in [2.45, 2.75) is 5.66 Å². The van der Waals surface area contributed by atoms with Crippen LogP contribution in [0.15, 0.2) is 54.0 Å². The third kappa shape index (κ3) is 4.81. The van der Waals surface area contributed by atoms with E-state index < -0.39 is 18.9 Å². The van der Waals surface area contributed by atoms with Crippen LogP contribution in [0.4, 0.5) is 0 Å². The number of hydrogen-bond donors (Lipinski definition) is 2. The Labute approximate surface area is 170 Å². The lowest BCUT2D eigenvalue weighted by atomic mass is 10.1. The van der Waals surface area contributed by atoms with Gasteiger partial charge in [-0.25, -0.2) is 0 Å². The maximum Gasteiger partial charge on any atom is 0.241 e. The number of hydrogen-bond acceptors (Lipinski definition) is 3. The Bertz CT molecular complexity index is 1070.